The maximum atomic E-state index is 13.6. The number of phenolic OH excluding ortho intramolecular Hbond substituents is 7. The quantitative estimate of drug-likeness (QED) is 0.246. The summed E-state index contributed by atoms with van der Waals surface area (Å²) in [5.74, 6) is -5.05. The molecule has 0 radical (unpaired) electrons. The van der Waals surface area contributed by atoms with E-state index in [2.05, 4.69) is 0 Å². The molecule has 7 N–H and O–H groups in total. The van der Waals surface area contributed by atoms with Crippen molar-refractivity contribution in [1.29, 1.82) is 0 Å². The van der Waals surface area contributed by atoms with Gasteiger partial charge in [-0.15, -0.1) is 0 Å². The van der Waals surface area contributed by atoms with Crippen molar-refractivity contribution in [2.45, 2.75) is 18.4 Å². The molecule has 1 aliphatic heterocycles. The van der Waals surface area contributed by atoms with Crippen molar-refractivity contribution in [2.24, 2.45) is 0 Å². The van der Waals surface area contributed by atoms with Crippen molar-refractivity contribution in [3.63, 3.8) is 0 Å². The molecule has 0 saturated heterocycles. The zero-order chi connectivity index (χ0) is 22.5. The highest BCUT2D eigenvalue weighted by atomic mass is 16.5. The van der Waals surface area contributed by atoms with Gasteiger partial charge in [-0.3, -0.25) is 4.79 Å². The number of benzene rings is 3. The average molecular weight is 426 g/mol. The number of rotatable bonds is 3. The first-order chi connectivity index (χ1) is 14.6. The largest absolute Gasteiger partial charge is 0.508 e. The van der Waals surface area contributed by atoms with Gasteiger partial charge < -0.3 is 40.5 Å². The van der Waals surface area contributed by atoms with Gasteiger partial charge in [-0.25, -0.2) is 0 Å². The molecule has 1 atom stereocenters. The predicted octanol–water partition coefficient (Wildman–Crippen LogP) is 2.73. The van der Waals surface area contributed by atoms with Crippen LogP contribution in [0.1, 0.15) is 27.9 Å². The zero-order valence-electron chi connectivity index (χ0n) is 15.9. The fraction of sp³-hybridized carbons (Fsp3) is 0.136. The summed E-state index contributed by atoms with van der Waals surface area (Å²) in [6.07, 6.45) is 0.120. The van der Waals surface area contributed by atoms with Gasteiger partial charge in [0.1, 0.15) is 11.5 Å². The molecule has 1 unspecified atom stereocenters. The lowest BCUT2D eigenvalue weighted by Crippen LogP contribution is -2.44. The zero-order valence-corrected chi connectivity index (χ0v) is 15.9. The van der Waals surface area contributed by atoms with E-state index < -0.39 is 45.9 Å². The Labute approximate surface area is 175 Å². The van der Waals surface area contributed by atoms with Crippen LogP contribution >= 0.6 is 0 Å². The normalized spacial score (nSPS) is 17.5. The predicted molar refractivity (Wildman–Crippen MR) is 106 cm³/mol. The summed E-state index contributed by atoms with van der Waals surface area (Å²) in [5, 5.41) is 69.2. The molecule has 0 saturated carbocycles. The molecule has 0 aliphatic carbocycles. The van der Waals surface area contributed by atoms with Gasteiger partial charge in [0.05, 0.1) is 0 Å². The lowest BCUT2D eigenvalue weighted by molar-refractivity contribution is 0.0324. The summed E-state index contributed by atoms with van der Waals surface area (Å²) in [7, 11) is 0. The minimum absolute atomic E-state index is 0.00801. The number of hydrogen-bond donors (Lipinski definition) is 7. The first-order valence-corrected chi connectivity index (χ1v) is 9.19. The molecule has 9 nitrogen and oxygen atoms in total. The van der Waals surface area contributed by atoms with E-state index in [4.69, 9.17) is 4.74 Å². The topological polar surface area (TPSA) is 168 Å². The third-order valence-electron chi connectivity index (χ3n) is 5.35. The first kappa shape index (κ1) is 20.0. The average Bonchev–Trinajstić information content (AvgIpc) is 2.74. The standard InChI is InChI=1S/C22H18O9/c23-13-2-1-3-18-12(13)4-5-22(31-18,11-8-16(26)20(29)17(27)9-11)21(30)10-6-14(24)19(28)15(25)7-10/h1-3,6-9,23-29H,4-5H2. The lowest BCUT2D eigenvalue weighted by atomic mass is 9.78. The Morgan fingerprint density at radius 3 is 1.90 bits per heavy atom. The smallest absolute Gasteiger partial charge is 0.211 e. The number of carbonyl (C=O) groups is 1. The van der Waals surface area contributed by atoms with Gasteiger partial charge in [0.25, 0.3) is 0 Å². The maximum Gasteiger partial charge on any atom is 0.211 e. The number of hydrogen-bond acceptors (Lipinski definition) is 9. The number of Topliss-reactive ketones (excluding diaryl/α,β-unsaturated/α-hetero) is 1. The van der Waals surface area contributed by atoms with Gasteiger partial charge in [-0.2, -0.15) is 0 Å². The second-order valence-corrected chi connectivity index (χ2v) is 7.24. The Morgan fingerprint density at radius 2 is 1.32 bits per heavy atom. The highest BCUT2D eigenvalue weighted by Gasteiger charge is 2.47. The van der Waals surface area contributed by atoms with Crippen molar-refractivity contribution in [2.75, 3.05) is 0 Å². The number of fused-ring (bicyclic) bond motifs is 1. The Kier molecular flexibility index (Phi) is 4.46. The summed E-state index contributed by atoms with van der Waals surface area (Å²) in [5.41, 5.74) is -1.64. The van der Waals surface area contributed by atoms with Crippen LogP contribution < -0.4 is 4.74 Å². The molecule has 160 valence electrons. The van der Waals surface area contributed by atoms with Crippen LogP contribution in [0, 0.1) is 0 Å². The fourth-order valence-corrected chi connectivity index (χ4v) is 3.74. The van der Waals surface area contributed by atoms with Crippen molar-refractivity contribution in [1.82, 2.24) is 0 Å². The van der Waals surface area contributed by atoms with Gasteiger partial charge in [-0.1, -0.05) is 6.07 Å². The van der Waals surface area contributed by atoms with E-state index in [1.54, 1.807) is 0 Å². The maximum absolute atomic E-state index is 13.6. The molecule has 0 fully saturated rings. The van der Waals surface area contributed by atoms with Gasteiger partial charge in [0, 0.05) is 23.1 Å². The second-order valence-electron chi connectivity index (χ2n) is 7.24. The van der Waals surface area contributed by atoms with E-state index in [0.717, 1.165) is 24.3 Å². The van der Waals surface area contributed by atoms with Gasteiger partial charge in [0.2, 0.25) is 5.78 Å². The molecule has 0 bridgehead atoms. The summed E-state index contributed by atoms with van der Waals surface area (Å²) < 4.78 is 6.02. The van der Waals surface area contributed by atoms with Crippen LogP contribution in [0.2, 0.25) is 0 Å². The highest BCUT2D eigenvalue weighted by molar-refractivity contribution is 6.04. The molecular formula is C22H18O9. The molecular weight excluding hydrogens is 408 g/mol. The third kappa shape index (κ3) is 3.07. The van der Waals surface area contributed by atoms with Crippen molar-refractivity contribution < 1.29 is 45.3 Å². The third-order valence-corrected chi connectivity index (χ3v) is 5.35. The highest BCUT2D eigenvalue weighted by Crippen LogP contribution is 2.48. The van der Waals surface area contributed by atoms with E-state index in [0.29, 0.717) is 5.56 Å². The molecule has 3 aromatic rings. The van der Waals surface area contributed by atoms with Gasteiger partial charge in [-0.05, 0) is 42.8 Å². The summed E-state index contributed by atoms with van der Waals surface area (Å²) in [6.45, 7) is 0. The van der Waals surface area contributed by atoms with Crippen LogP contribution in [0.3, 0.4) is 0 Å². The van der Waals surface area contributed by atoms with Crippen LogP contribution in [-0.2, 0) is 12.0 Å². The van der Waals surface area contributed by atoms with Crippen molar-refractivity contribution in [3.05, 3.63) is 59.2 Å². The Hall–Kier alpha value is -4.27. The van der Waals surface area contributed by atoms with Crippen LogP contribution in [0.5, 0.6) is 46.0 Å². The van der Waals surface area contributed by atoms with Crippen LogP contribution in [0.4, 0.5) is 0 Å². The Balaban J connectivity index is 1.94. The molecule has 9 heteroatoms. The molecule has 4 rings (SSSR count). The van der Waals surface area contributed by atoms with Crippen LogP contribution in [-0.4, -0.2) is 41.5 Å². The number of aromatic hydroxyl groups is 7. The minimum Gasteiger partial charge on any atom is -0.508 e. The van der Waals surface area contributed by atoms with Crippen LogP contribution in [0.15, 0.2) is 42.5 Å². The molecule has 0 aromatic heterocycles. The monoisotopic (exact) mass is 426 g/mol. The number of ketones is 1. The molecule has 0 amide bonds. The van der Waals surface area contributed by atoms with E-state index in [-0.39, 0.29) is 35.5 Å². The number of carbonyl (C=O) groups excluding carboxylic acids is 1. The molecule has 1 heterocycles. The Morgan fingerprint density at radius 1 is 0.774 bits per heavy atom. The number of ether oxygens (including phenoxy) is 1. The second kappa shape index (κ2) is 6.91. The number of phenols is 7. The molecule has 3 aromatic carbocycles. The van der Waals surface area contributed by atoms with E-state index in [1.807, 2.05) is 0 Å². The van der Waals surface area contributed by atoms with Gasteiger partial charge in [0.15, 0.2) is 40.1 Å². The van der Waals surface area contributed by atoms with Crippen molar-refractivity contribution in [3.8, 4) is 46.0 Å². The SMILES string of the molecule is O=C(c1cc(O)c(O)c(O)c1)C1(c2cc(O)c(O)c(O)c2)CCc2c(O)cccc2O1. The Bertz CT molecular complexity index is 1170. The van der Waals surface area contributed by atoms with E-state index >= 15 is 0 Å². The molecule has 0 spiro atoms. The van der Waals surface area contributed by atoms with E-state index in [9.17, 15) is 40.5 Å². The molecule has 1 aliphatic rings. The lowest BCUT2D eigenvalue weighted by Gasteiger charge is -2.38. The summed E-state index contributed by atoms with van der Waals surface area (Å²) >= 11 is 0. The minimum atomic E-state index is -1.86. The van der Waals surface area contributed by atoms with E-state index in [1.165, 1.54) is 18.2 Å². The summed E-state index contributed by atoms with van der Waals surface area (Å²) in [4.78, 5) is 13.6. The van der Waals surface area contributed by atoms with Crippen molar-refractivity contribution >= 4 is 5.78 Å². The molecule has 31 heavy (non-hydrogen) atoms. The van der Waals surface area contributed by atoms with Gasteiger partial charge >= 0.3 is 0 Å². The first-order valence-electron chi connectivity index (χ1n) is 9.19. The summed E-state index contributed by atoms with van der Waals surface area (Å²) in [6, 6.07) is 8.51. The fourth-order valence-electron chi connectivity index (χ4n) is 3.74. The van der Waals surface area contributed by atoms with Crippen LogP contribution in [0.25, 0.3) is 0 Å².